The Balaban J connectivity index is 2.81. The summed E-state index contributed by atoms with van der Waals surface area (Å²) < 4.78 is 13.7. The van der Waals surface area contributed by atoms with E-state index in [0.717, 1.165) is 0 Å². The number of nitrogens with one attached hydrogen (secondary N) is 1. The Morgan fingerprint density at radius 3 is 2.95 bits per heavy atom. The molecule has 0 aromatic heterocycles. The first-order valence-corrected chi connectivity index (χ1v) is 7.57. The predicted molar refractivity (Wildman–Crippen MR) is 80.3 cm³/mol. The molecule has 0 fully saturated rings. The molecule has 1 unspecified atom stereocenters. The molecule has 0 spiro atoms. The van der Waals surface area contributed by atoms with Crippen molar-refractivity contribution in [2.75, 3.05) is 19.4 Å². The van der Waals surface area contributed by atoms with E-state index in [1.54, 1.807) is 11.8 Å². The molecule has 5 heteroatoms. The van der Waals surface area contributed by atoms with Crippen molar-refractivity contribution in [2.45, 2.75) is 18.6 Å². The van der Waals surface area contributed by atoms with Crippen molar-refractivity contribution in [1.82, 2.24) is 5.32 Å². The Bertz CT molecular complexity index is 522. The lowest BCUT2D eigenvalue weighted by Gasteiger charge is -2.10. The van der Waals surface area contributed by atoms with E-state index in [4.69, 9.17) is 5.11 Å². The molecule has 0 aliphatic heterocycles. The SMILES string of the molecule is CSC(C)CNC(=O)c1cc(C#CCCO)ccc1F. The van der Waals surface area contributed by atoms with Crippen LogP contribution in [-0.2, 0) is 0 Å². The first kappa shape index (κ1) is 16.5. The minimum Gasteiger partial charge on any atom is -0.395 e. The topological polar surface area (TPSA) is 49.3 Å². The van der Waals surface area contributed by atoms with E-state index in [-0.39, 0.29) is 17.4 Å². The lowest BCUT2D eigenvalue weighted by Crippen LogP contribution is -2.30. The van der Waals surface area contributed by atoms with E-state index in [2.05, 4.69) is 17.2 Å². The van der Waals surface area contributed by atoms with Gasteiger partial charge < -0.3 is 10.4 Å². The summed E-state index contributed by atoms with van der Waals surface area (Å²) in [6.07, 6.45) is 2.30. The van der Waals surface area contributed by atoms with Crippen LogP contribution in [0.3, 0.4) is 0 Å². The molecule has 1 atom stereocenters. The predicted octanol–water partition coefficient (Wildman–Crippen LogP) is 2.04. The Hall–Kier alpha value is -1.51. The van der Waals surface area contributed by atoms with Crippen LogP contribution >= 0.6 is 11.8 Å². The van der Waals surface area contributed by atoms with Crippen molar-refractivity contribution in [1.29, 1.82) is 0 Å². The first-order chi connectivity index (χ1) is 9.58. The van der Waals surface area contributed by atoms with Crippen molar-refractivity contribution in [3.05, 3.63) is 35.1 Å². The van der Waals surface area contributed by atoms with E-state index >= 15 is 0 Å². The summed E-state index contributed by atoms with van der Waals surface area (Å²) in [4.78, 5) is 11.9. The average molecular weight is 295 g/mol. The lowest BCUT2D eigenvalue weighted by atomic mass is 10.1. The maximum absolute atomic E-state index is 13.7. The first-order valence-electron chi connectivity index (χ1n) is 6.28. The second kappa shape index (κ2) is 8.62. The number of hydrogen-bond donors (Lipinski definition) is 2. The van der Waals surface area contributed by atoms with Crippen LogP contribution in [0.25, 0.3) is 0 Å². The number of thioether (sulfide) groups is 1. The largest absolute Gasteiger partial charge is 0.395 e. The quantitative estimate of drug-likeness (QED) is 0.817. The van der Waals surface area contributed by atoms with Gasteiger partial charge in [0, 0.05) is 23.8 Å². The average Bonchev–Trinajstić information content (AvgIpc) is 2.46. The summed E-state index contributed by atoms with van der Waals surface area (Å²) >= 11 is 1.63. The van der Waals surface area contributed by atoms with Crippen LogP contribution in [0.1, 0.15) is 29.3 Å². The molecule has 1 aromatic carbocycles. The number of carbonyl (C=O) groups is 1. The smallest absolute Gasteiger partial charge is 0.254 e. The zero-order valence-corrected chi connectivity index (χ0v) is 12.4. The maximum atomic E-state index is 13.7. The van der Waals surface area contributed by atoms with Crippen molar-refractivity contribution >= 4 is 17.7 Å². The minimum absolute atomic E-state index is 0.00546. The van der Waals surface area contributed by atoms with Gasteiger partial charge in [-0.2, -0.15) is 11.8 Å². The zero-order chi connectivity index (χ0) is 15.0. The summed E-state index contributed by atoms with van der Waals surface area (Å²) in [6.45, 7) is 2.45. The Labute approximate surface area is 123 Å². The van der Waals surface area contributed by atoms with Gasteiger partial charge in [-0.25, -0.2) is 4.39 Å². The van der Waals surface area contributed by atoms with Crippen LogP contribution in [0.2, 0.25) is 0 Å². The van der Waals surface area contributed by atoms with Gasteiger partial charge in [-0.05, 0) is 24.5 Å². The second-order valence-corrected chi connectivity index (χ2v) is 5.50. The summed E-state index contributed by atoms with van der Waals surface area (Å²) in [6, 6.07) is 4.18. The summed E-state index contributed by atoms with van der Waals surface area (Å²) in [5, 5.41) is 11.6. The number of amides is 1. The summed E-state index contributed by atoms with van der Waals surface area (Å²) in [5.74, 6) is 4.52. The number of benzene rings is 1. The third kappa shape index (κ3) is 5.24. The van der Waals surface area contributed by atoms with Crippen molar-refractivity contribution in [2.24, 2.45) is 0 Å². The number of aliphatic hydroxyl groups is 1. The standard InChI is InChI=1S/C15H18FNO2S/c1-11(20-2)10-17-15(19)13-9-12(5-3-4-8-18)6-7-14(13)16/h6-7,9,11,18H,4,8,10H2,1-2H3,(H,17,19). The van der Waals surface area contributed by atoms with Gasteiger partial charge in [0.05, 0.1) is 12.2 Å². The van der Waals surface area contributed by atoms with E-state index in [9.17, 15) is 9.18 Å². The summed E-state index contributed by atoms with van der Waals surface area (Å²) in [5.41, 5.74) is 0.553. The Kier molecular flexibility index (Phi) is 7.13. The number of rotatable bonds is 5. The number of carbonyl (C=O) groups excluding carboxylic acids is 1. The van der Waals surface area contributed by atoms with E-state index < -0.39 is 11.7 Å². The third-order valence-electron chi connectivity index (χ3n) is 2.63. The third-order valence-corrected chi connectivity index (χ3v) is 3.60. The number of halogens is 1. The van der Waals surface area contributed by atoms with Gasteiger partial charge in [0.1, 0.15) is 5.82 Å². The molecule has 3 nitrogen and oxygen atoms in total. The molecule has 0 aliphatic carbocycles. The molecule has 0 radical (unpaired) electrons. The van der Waals surface area contributed by atoms with Gasteiger partial charge in [0.15, 0.2) is 0 Å². The highest BCUT2D eigenvalue weighted by Crippen LogP contribution is 2.11. The molecule has 0 heterocycles. The highest BCUT2D eigenvalue weighted by atomic mass is 32.2. The minimum atomic E-state index is -0.563. The van der Waals surface area contributed by atoms with E-state index in [0.29, 0.717) is 18.5 Å². The molecule has 0 bridgehead atoms. The molecule has 1 aromatic rings. The van der Waals surface area contributed by atoms with Gasteiger partial charge in [0.2, 0.25) is 0 Å². The van der Waals surface area contributed by atoms with Gasteiger partial charge in [-0.15, -0.1) is 0 Å². The van der Waals surface area contributed by atoms with Gasteiger partial charge in [-0.1, -0.05) is 18.8 Å². The Morgan fingerprint density at radius 2 is 2.30 bits per heavy atom. The van der Waals surface area contributed by atoms with Crippen LogP contribution in [0.4, 0.5) is 4.39 Å². The fourth-order valence-electron chi connectivity index (χ4n) is 1.41. The lowest BCUT2D eigenvalue weighted by molar-refractivity contribution is 0.0950. The highest BCUT2D eigenvalue weighted by Gasteiger charge is 2.12. The van der Waals surface area contributed by atoms with Gasteiger partial charge >= 0.3 is 0 Å². The molecule has 0 saturated heterocycles. The second-order valence-electron chi connectivity index (χ2n) is 4.23. The van der Waals surface area contributed by atoms with E-state index in [1.165, 1.54) is 18.2 Å². The van der Waals surface area contributed by atoms with Crippen LogP contribution in [0.15, 0.2) is 18.2 Å². The molecule has 20 heavy (non-hydrogen) atoms. The zero-order valence-electron chi connectivity index (χ0n) is 11.6. The van der Waals surface area contributed by atoms with E-state index in [1.807, 2.05) is 13.2 Å². The molecule has 108 valence electrons. The molecule has 0 saturated carbocycles. The highest BCUT2D eigenvalue weighted by molar-refractivity contribution is 7.99. The summed E-state index contributed by atoms with van der Waals surface area (Å²) in [7, 11) is 0. The van der Waals surface area contributed by atoms with Crippen LogP contribution in [0, 0.1) is 17.7 Å². The van der Waals surface area contributed by atoms with Crippen molar-refractivity contribution < 1.29 is 14.3 Å². The van der Waals surface area contributed by atoms with Crippen molar-refractivity contribution in [3.63, 3.8) is 0 Å². The van der Waals surface area contributed by atoms with Gasteiger partial charge in [0.25, 0.3) is 5.91 Å². The fraction of sp³-hybridized carbons (Fsp3) is 0.400. The molecule has 1 amide bonds. The Morgan fingerprint density at radius 1 is 1.55 bits per heavy atom. The molecular formula is C15H18FNO2S. The van der Waals surface area contributed by atoms with Crippen molar-refractivity contribution in [3.8, 4) is 11.8 Å². The molecule has 0 aliphatic rings. The normalized spacial score (nSPS) is 11.4. The number of hydrogen-bond acceptors (Lipinski definition) is 3. The van der Waals surface area contributed by atoms with Crippen LogP contribution in [-0.4, -0.2) is 35.7 Å². The maximum Gasteiger partial charge on any atom is 0.254 e. The fourth-order valence-corrected chi connectivity index (χ4v) is 1.66. The molecule has 1 rings (SSSR count). The molecule has 2 N–H and O–H groups in total. The molecular weight excluding hydrogens is 277 g/mol. The van der Waals surface area contributed by atoms with Crippen LogP contribution < -0.4 is 5.32 Å². The van der Waals surface area contributed by atoms with Gasteiger partial charge in [-0.3, -0.25) is 4.79 Å². The monoisotopic (exact) mass is 295 g/mol. The number of aliphatic hydroxyl groups excluding tert-OH is 1. The van der Waals surface area contributed by atoms with Crippen LogP contribution in [0.5, 0.6) is 0 Å².